The average Bonchev–Trinajstić information content (AvgIpc) is 2.85. The van der Waals surface area contributed by atoms with E-state index >= 15 is 0 Å². The van der Waals surface area contributed by atoms with E-state index in [1.807, 2.05) is 36.4 Å². The molecule has 1 fully saturated rings. The van der Waals surface area contributed by atoms with Crippen LogP contribution in [-0.2, 0) is 10.0 Å². The van der Waals surface area contributed by atoms with Gasteiger partial charge in [0.15, 0.2) is 6.23 Å². The molecule has 0 saturated carbocycles. The van der Waals surface area contributed by atoms with Gasteiger partial charge in [0.05, 0.1) is 4.90 Å². The van der Waals surface area contributed by atoms with Gasteiger partial charge in [-0.15, -0.1) is 0 Å². The van der Waals surface area contributed by atoms with E-state index in [-0.39, 0.29) is 11.5 Å². The molecule has 3 aromatic rings. The molecule has 0 bridgehead atoms. The first-order valence-corrected chi connectivity index (χ1v) is 12.6. The van der Waals surface area contributed by atoms with Crippen molar-refractivity contribution in [3.63, 3.8) is 0 Å². The third kappa shape index (κ3) is 5.59. The molecule has 0 amide bonds. The molecule has 1 unspecified atom stereocenters. The summed E-state index contributed by atoms with van der Waals surface area (Å²) in [5.41, 5.74) is 3.19. The van der Waals surface area contributed by atoms with Crippen molar-refractivity contribution in [3.05, 3.63) is 78.6 Å². The standard InChI is InChI=1S/C25H29N3O4S/c29-16-11-19-9-14-28(15-10-19)33(31,32)24-6-2-4-22(18-24)25(30)27-23-5-1-3-21(17-23)20-7-12-26-13-8-20/h1-8,12-13,17-19,25,27,29-30H,9-11,14-16H2. The van der Waals surface area contributed by atoms with E-state index in [9.17, 15) is 13.5 Å². The van der Waals surface area contributed by atoms with Crippen LogP contribution in [0.25, 0.3) is 11.1 Å². The highest BCUT2D eigenvalue weighted by molar-refractivity contribution is 7.89. The van der Waals surface area contributed by atoms with Crippen molar-refractivity contribution in [1.82, 2.24) is 9.29 Å². The minimum absolute atomic E-state index is 0.135. The highest BCUT2D eigenvalue weighted by Gasteiger charge is 2.29. The minimum Gasteiger partial charge on any atom is -0.396 e. The molecular formula is C25H29N3O4S. The number of hydrogen-bond acceptors (Lipinski definition) is 6. The Bertz CT molecular complexity index is 1160. The van der Waals surface area contributed by atoms with Gasteiger partial charge in [0, 0.05) is 43.3 Å². The predicted octanol–water partition coefficient (Wildman–Crippen LogP) is 3.63. The van der Waals surface area contributed by atoms with Gasteiger partial charge >= 0.3 is 0 Å². The Morgan fingerprint density at radius 2 is 1.73 bits per heavy atom. The number of aromatic nitrogens is 1. The largest absolute Gasteiger partial charge is 0.396 e. The molecule has 4 rings (SSSR count). The molecule has 3 N–H and O–H groups in total. The zero-order chi connectivity index (χ0) is 23.3. The van der Waals surface area contributed by atoms with Crippen LogP contribution in [0.1, 0.15) is 31.1 Å². The lowest BCUT2D eigenvalue weighted by molar-refractivity contribution is 0.207. The molecule has 0 aliphatic carbocycles. The third-order valence-electron chi connectivity index (χ3n) is 6.10. The van der Waals surface area contributed by atoms with Crippen molar-refractivity contribution in [3.8, 4) is 11.1 Å². The summed E-state index contributed by atoms with van der Waals surface area (Å²) in [6.07, 6.45) is 4.60. The number of sulfonamides is 1. The number of aliphatic hydroxyl groups is 2. The zero-order valence-electron chi connectivity index (χ0n) is 18.3. The van der Waals surface area contributed by atoms with Crippen molar-refractivity contribution < 1.29 is 18.6 Å². The number of rotatable bonds is 8. The Kier molecular flexibility index (Phi) is 7.39. The molecular weight excluding hydrogens is 438 g/mol. The van der Waals surface area contributed by atoms with Crippen LogP contribution in [0.4, 0.5) is 5.69 Å². The molecule has 0 spiro atoms. The summed E-state index contributed by atoms with van der Waals surface area (Å²) in [5, 5.41) is 23.0. The number of pyridine rings is 1. The van der Waals surface area contributed by atoms with Crippen LogP contribution in [0.15, 0.2) is 78.0 Å². The molecule has 1 aliphatic heterocycles. The van der Waals surface area contributed by atoms with E-state index in [4.69, 9.17) is 5.11 Å². The Morgan fingerprint density at radius 3 is 2.45 bits per heavy atom. The van der Waals surface area contributed by atoms with Gasteiger partial charge in [0.2, 0.25) is 10.0 Å². The number of benzene rings is 2. The maximum atomic E-state index is 13.2. The number of nitrogens with one attached hydrogen (secondary N) is 1. The number of anilines is 1. The SMILES string of the molecule is O=S(=O)(c1cccc(C(O)Nc2cccc(-c3ccncc3)c2)c1)N1CCC(CCO)CC1. The Hall–Kier alpha value is -2.78. The Labute approximate surface area is 194 Å². The van der Waals surface area contributed by atoms with Gasteiger partial charge in [-0.1, -0.05) is 24.3 Å². The van der Waals surface area contributed by atoms with Gasteiger partial charge in [-0.05, 0) is 72.7 Å². The molecule has 1 aromatic heterocycles. The van der Waals surface area contributed by atoms with E-state index in [1.54, 1.807) is 30.6 Å². The Morgan fingerprint density at radius 1 is 1.00 bits per heavy atom. The van der Waals surface area contributed by atoms with Gasteiger partial charge in [0.1, 0.15) is 0 Å². The van der Waals surface area contributed by atoms with Crippen LogP contribution >= 0.6 is 0 Å². The molecule has 33 heavy (non-hydrogen) atoms. The number of hydrogen-bond donors (Lipinski definition) is 3. The molecule has 2 aromatic carbocycles. The molecule has 0 radical (unpaired) electrons. The monoisotopic (exact) mass is 467 g/mol. The fraction of sp³-hybridized carbons (Fsp3) is 0.320. The lowest BCUT2D eigenvalue weighted by Crippen LogP contribution is -2.38. The summed E-state index contributed by atoms with van der Waals surface area (Å²) in [6, 6.07) is 17.9. The molecule has 1 saturated heterocycles. The van der Waals surface area contributed by atoms with Gasteiger partial charge in [-0.25, -0.2) is 8.42 Å². The maximum Gasteiger partial charge on any atom is 0.243 e. The molecule has 1 atom stereocenters. The smallest absolute Gasteiger partial charge is 0.243 e. The second-order valence-corrected chi connectivity index (χ2v) is 10.2. The summed E-state index contributed by atoms with van der Waals surface area (Å²) in [4.78, 5) is 4.21. The summed E-state index contributed by atoms with van der Waals surface area (Å²) >= 11 is 0. The van der Waals surface area contributed by atoms with Gasteiger partial charge in [-0.3, -0.25) is 4.98 Å². The lowest BCUT2D eigenvalue weighted by Gasteiger charge is -2.31. The van der Waals surface area contributed by atoms with Crippen LogP contribution in [0.3, 0.4) is 0 Å². The first-order valence-electron chi connectivity index (χ1n) is 11.1. The summed E-state index contributed by atoms with van der Waals surface area (Å²) < 4.78 is 27.8. The molecule has 1 aliphatic rings. The van der Waals surface area contributed by atoms with Crippen molar-refractivity contribution in [2.45, 2.75) is 30.4 Å². The molecule has 2 heterocycles. The number of nitrogens with zero attached hydrogens (tertiary/aromatic N) is 2. The first-order chi connectivity index (χ1) is 16.0. The summed E-state index contributed by atoms with van der Waals surface area (Å²) in [6.45, 7) is 1.02. The van der Waals surface area contributed by atoms with Crippen LogP contribution in [-0.4, -0.2) is 47.6 Å². The quantitative estimate of drug-likeness (QED) is 0.437. The van der Waals surface area contributed by atoms with E-state index in [0.717, 1.165) is 29.7 Å². The van der Waals surface area contributed by atoms with E-state index in [0.29, 0.717) is 31.0 Å². The zero-order valence-corrected chi connectivity index (χ0v) is 19.2. The third-order valence-corrected chi connectivity index (χ3v) is 8.00. The van der Waals surface area contributed by atoms with E-state index in [2.05, 4.69) is 10.3 Å². The van der Waals surface area contributed by atoms with Crippen molar-refractivity contribution in [1.29, 1.82) is 0 Å². The van der Waals surface area contributed by atoms with Crippen molar-refractivity contribution >= 4 is 15.7 Å². The van der Waals surface area contributed by atoms with E-state index in [1.165, 1.54) is 10.4 Å². The highest BCUT2D eigenvalue weighted by atomic mass is 32.2. The molecule has 8 heteroatoms. The fourth-order valence-electron chi connectivity index (χ4n) is 4.19. The van der Waals surface area contributed by atoms with Crippen LogP contribution in [0.5, 0.6) is 0 Å². The highest BCUT2D eigenvalue weighted by Crippen LogP contribution is 2.28. The topological polar surface area (TPSA) is 103 Å². The second kappa shape index (κ2) is 10.4. The number of aliphatic hydroxyl groups excluding tert-OH is 2. The van der Waals surface area contributed by atoms with Crippen molar-refractivity contribution in [2.24, 2.45) is 5.92 Å². The fourth-order valence-corrected chi connectivity index (χ4v) is 5.71. The van der Waals surface area contributed by atoms with Crippen LogP contribution in [0.2, 0.25) is 0 Å². The van der Waals surface area contributed by atoms with Crippen molar-refractivity contribution in [2.75, 3.05) is 25.0 Å². The van der Waals surface area contributed by atoms with Gasteiger partial charge in [-0.2, -0.15) is 4.31 Å². The summed E-state index contributed by atoms with van der Waals surface area (Å²) in [7, 11) is -3.65. The lowest BCUT2D eigenvalue weighted by atomic mass is 9.95. The second-order valence-electron chi connectivity index (χ2n) is 8.30. The van der Waals surface area contributed by atoms with Crippen LogP contribution < -0.4 is 5.32 Å². The Balaban J connectivity index is 1.48. The first kappa shape index (κ1) is 23.4. The molecule has 174 valence electrons. The van der Waals surface area contributed by atoms with Crippen LogP contribution in [0, 0.1) is 5.92 Å². The average molecular weight is 468 g/mol. The normalized spacial score (nSPS) is 16.4. The predicted molar refractivity (Wildman–Crippen MR) is 128 cm³/mol. The molecule has 7 nitrogen and oxygen atoms in total. The maximum absolute atomic E-state index is 13.2. The number of piperidine rings is 1. The van der Waals surface area contributed by atoms with E-state index < -0.39 is 16.3 Å². The van der Waals surface area contributed by atoms with Gasteiger partial charge < -0.3 is 15.5 Å². The minimum atomic E-state index is -3.65. The summed E-state index contributed by atoms with van der Waals surface area (Å²) in [5.74, 6) is 0.363. The van der Waals surface area contributed by atoms with Gasteiger partial charge in [0.25, 0.3) is 0 Å².